The summed E-state index contributed by atoms with van der Waals surface area (Å²) in [5.41, 5.74) is 7.40. The van der Waals surface area contributed by atoms with Gasteiger partial charge in [-0.15, -0.1) is 0 Å². The average molecular weight is 192 g/mol. The highest BCUT2D eigenvalue weighted by Gasteiger charge is 2.05. The highest BCUT2D eigenvalue weighted by Crippen LogP contribution is 2.15. The van der Waals surface area contributed by atoms with Crippen LogP contribution in [0.3, 0.4) is 0 Å². The molecular weight excluding hydrogens is 176 g/mol. The molecule has 14 heavy (non-hydrogen) atoms. The highest BCUT2D eigenvalue weighted by atomic mass is 16.1. The van der Waals surface area contributed by atoms with Gasteiger partial charge in [-0.2, -0.15) is 0 Å². The van der Waals surface area contributed by atoms with Crippen LogP contribution in [-0.2, 0) is 0 Å². The van der Waals surface area contributed by atoms with Crippen LogP contribution >= 0.6 is 0 Å². The Hall–Kier alpha value is -1.22. The molecule has 0 aliphatic heterocycles. The molecule has 0 amide bonds. The minimum atomic E-state index is 0.0446. The molecule has 3 heteroatoms. The summed E-state index contributed by atoms with van der Waals surface area (Å²) >= 11 is 0. The maximum atomic E-state index is 10.4. The first-order chi connectivity index (χ1) is 6.77. The molecule has 1 heterocycles. The van der Waals surface area contributed by atoms with Crippen molar-refractivity contribution in [1.82, 2.24) is 4.98 Å². The summed E-state index contributed by atoms with van der Waals surface area (Å²) in [6.45, 7) is 2.14. The van der Waals surface area contributed by atoms with Gasteiger partial charge < -0.3 is 5.73 Å². The van der Waals surface area contributed by atoms with Crippen molar-refractivity contribution in [2.24, 2.45) is 5.73 Å². The Morgan fingerprint density at radius 3 is 2.86 bits per heavy atom. The molecule has 0 aliphatic rings. The average Bonchev–Trinajstić information content (AvgIpc) is 2.26. The van der Waals surface area contributed by atoms with Gasteiger partial charge in [-0.3, -0.25) is 9.78 Å². The molecule has 0 radical (unpaired) electrons. The second-order valence-corrected chi connectivity index (χ2v) is 3.38. The van der Waals surface area contributed by atoms with Crippen LogP contribution in [0.1, 0.15) is 48.3 Å². The standard InChI is InChI=1S/C11H16N2O/c1-2-3-4-11(12)9-5-6-10(8-14)13-7-9/h5-8,11H,2-4,12H2,1H3. The van der Waals surface area contributed by atoms with Crippen LogP contribution in [0, 0.1) is 0 Å². The van der Waals surface area contributed by atoms with Gasteiger partial charge in [0.25, 0.3) is 0 Å². The third kappa shape index (κ3) is 2.92. The topological polar surface area (TPSA) is 56.0 Å². The number of carbonyl (C=O) groups excluding carboxylic acids is 1. The molecule has 1 atom stereocenters. The molecule has 0 spiro atoms. The molecule has 0 aromatic carbocycles. The van der Waals surface area contributed by atoms with E-state index in [9.17, 15) is 4.79 Å². The van der Waals surface area contributed by atoms with Crippen molar-refractivity contribution in [3.63, 3.8) is 0 Å². The summed E-state index contributed by atoms with van der Waals surface area (Å²) in [4.78, 5) is 14.3. The summed E-state index contributed by atoms with van der Waals surface area (Å²) in [6, 6.07) is 3.62. The van der Waals surface area contributed by atoms with Crippen LogP contribution < -0.4 is 5.73 Å². The van der Waals surface area contributed by atoms with E-state index in [0.29, 0.717) is 5.69 Å². The highest BCUT2D eigenvalue weighted by molar-refractivity contribution is 5.71. The maximum absolute atomic E-state index is 10.4. The molecule has 76 valence electrons. The van der Waals surface area contributed by atoms with Gasteiger partial charge in [-0.1, -0.05) is 25.8 Å². The van der Waals surface area contributed by atoms with Crippen LogP contribution in [0.5, 0.6) is 0 Å². The van der Waals surface area contributed by atoms with E-state index in [1.54, 1.807) is 12.3 Å². The Morgan fingerprint density at radius 1 is 1.57 bits per heavy atom. The lowest BCUT2D eigenvalue weighted by atomic mass is 10.0. The molecule has 0 saturated carbocycles. The first kappa shape index (κ1) is 10.9. The molecule has 3 nitrogen and oxygen atoms in total. The third-order valence-electron chi connectivity index (χ3n) is 2.23. The van der Waals surface area contributed by atoms with Gasteiger partial charge in [0.15, 0.2) is 6.29 Å². The Morgan fingerprint density at radius 2 is 2.36 bits per heavy atom. The smallest absolute Gasteiger partial charge is 0.168 e. The predicted octanol–water partition coefficient (Wildman–Crippen LogP) is 2.08. The number of pyridine rings is 1. The van der Waals surface area contributed by atoms with Crippen molar-refractivity contribution in [2.75, 3.05) is 0 Å². The van der Waals surface area contributed by atoms with Crippen molar-refractivity contribution < 1.29 is 4.79 Å². The molecule has 1 aromatic heterocycles. The molecule has 0 saturated heterocycles. The van der Waals surface area contributed by atoms with Gasteiger partial charge in [0.2, 0.25) is 0 Å². The zero-order chi connectivity index (χ0) is 10.4. The Labute approximate surface area is 84.3 Å². The van der Waals surface area contributed by atoms with Crippen LogP contribution in [0.2, 0.25) is 0 Å². The van der Waals surface area contributed by atoms with Crippen molar-refractivity contribution in [1.29, 1.82) is 0 Å². The second-order valence-electron chi connectivity index (χ2n) is 3.38. The monoisotopic (exact) mass is 192 g/mol. The van der Waals surface area contributed by atoms with Gasteiger partial charge in [0.1, 0.15) is 5.69 Å². The Balaban J connectivity index is 2.61. The predicted molar refractivity (Wildman–Crippen MR) is 56.1 cm³/mol. The molecule has 0 fully saturated rings. The van der Waals surface area contributed by atoms with Gasteiger partial charge in [0.05, 0.1) is 0 Å². The van der Waals surface area contributed by atoms with Crippen molar-refractivity contribution in [3.05, 3.63) is 29.6 Å². The molecule has 1 unspecified atom stereocenters. The third-order valence-corrected chi connectivity index (χ3v) is 2.23. The molecule has 0 aliphatic carbocycles. The van der Waals surface area contributed by atoms with E-state index in [1.807, 2.05) is 6.07 Å². The number of nitrogens with two attached hydrogens (primary N) is 1. The van der Waals surface area contributed by atoms with E-state index in [0.717, 1.165) is 31.1 Å². The number of hydrogen-bond acceptors (Lipinski definition) is 3. The fourth-order valence-electron chi connectivity index (χ4n) is 1.30. The minimum Gasteiger partial charge on any atom is -0.324 e. The fourth-order valence-corrected chi connectivity index (χ4v) is 1.30. The SMILES string of the molecule is CCCCC(N)c1ccc(C=O)nc1. The summed E-state index contributed by atoms with van der Waals surface area (Å²) in [5, 5.41) is 0. The quantitative estimate of drug-likeness (QED) is 0.727. The number of aromatic nitrogens is 1. The maximum Gasteiger partial charge on any atom is 0.168 e. The summed E-state index contributed by atoms with van der Waals surface area (Å²) < 4.78 is 0. The first-order valence-electron chi connectivity index (χ1n) is 4.94. The number of carbonyl (C=O) groups is 1. The number of hydrogen-bond donors (Lipinski definition) is 1. The largest absolute Gasteiger partial charge is 0.324 e. The van der Waals surface area contributed by atoms with Gasteiger partial charge in [0, 0.05) is 12.2 Å². The van der Waals surface area contributed by atoms with E-state index in [1.165, 1.54) is 0 Å². The lowest BCUT2D eigenvalue weighted by molar-refractivity contribution is 0.111. The number of aldehydes is 1. The molecule has 2 N–H and O–H groups in total. The second kappa shape index (κ2) is 5.50. The fraction of sp³-hybridized carbons (Fsp3) is 0.455. The van der Waals surface area contributed by atoms with E-state index < -0.39 is 0 Å². The van der Waals surface area contributed by atoms with Crippen LogP contribution in [-0.4, -0.2) is 11.3 Å². The summed E-state index contributed by atoms with van der Waals surface area (Å²) in [6.07, 6.45) is 5.66. The molecule has 0 bridgehead atoms. The van der Waals surface area contributed by atoms with E-state index >= 15 is 0 Å². The lowest BCUT2D eigenvalue weighted by Crippen LogP contribution is -2.10. The number of nitrogens with zero attached hydrogens (tertiary/aromatic N) is 1. The van der Waals surface area contributed by atoms with Crippen LogP contribution in [0.4, 0.5) is 0 Å². The van der Waals surface area contributed by atoms with Gasteiger partial charge >= 0.3 is 0 Å². The number of unbranched alkanes of at least 4 members (excludes halogenated alkanes) is 1. The van der Waals surface area contributed by atoms with Gasteiger partial charge in [-0.05, 0) is 18.1 Å². The zero-order valence-electron chi connectivity index (χ0n) is 8.44. The summed E-state index contributed by atoms with van der Waals surface area (Å²) in [7, 11) is 0. The van der Waals surface area contributed by atoms with Crippen molar-refractivity contribution in [3.8, 4) is 0 Å². The Bertz CT molecular complexity index is 282. The zero-order valence-corrected chi connectivity index (χ0v) is 8.44. The lowest BCUT2D eigenvalue weighted by Gasteiger charge is -2.10. The molecule has 1 rings (SSSR count). The minimum absolute atomic E-state index is 0.0446. The van der Waals surface area contributed by atoms with Gasteiger partial charge in [-0.25, -0.2) is 0 Å². The normalized spacial score (nSPS) is 12.4. The van der Waals surface area contributed by atoms with Crippen LogP contribution in [0.15, 0.2) is 18.3 Å². The van der Waals surface area contributed by atoms with Crippen molar-refractivity contribution >= 4 is 6.29 Å². The molecular formula is C11H16N2O. The van der Waals surface area contributed by atoms with Crippen molar-refractivity contribution in [2.45, 2.75) is 32.2 Å². The number of rotatable bonds is 5. The first-order valence-corrected chi connectivity index (χ1v) is 4.94. The Kier molecular flexibility index (Phi) is 4.26. The summed E-state index contributed by atoms with van der Waals surface area (Å²) in [5.74, 6) is 0. The van der Waals surface area contributed by atoms with E-state index in [2.05, 4.69) is 11.9 Å². The van der Waals surface area contributed by atoms with E-state index in [-0.39, 0.29) is 6.04 Å². The van der Waals surface area contributed by atoms with Crippen LogP contribution in [0.25, 0.3) is 0 Å². The molecule has 1 aromatic rings. The van der Waals surface area contributed by atoms with E-state index in [4.69, 9.17) is 5.73 Å².